The molecule has 0 unspecified atom stereocenters. The second-order valence-corrected chi connectivity index (χ2v) is 3.16. The molecule has 2 aromatic rings. The molecule has 0 radical (unpaired) electrons. The van der Waals surface area contributed by atoms with Crippen molar-refractivity contribution in [1.82, 2.24) is 0 Å². The van der Waals surface area contributed by atoms with E-state index in [1.807, 2.05) is 48.4 Å². The van der Waals surface area contributed by atoms with Crippen LogP contribution in [0, 0.1) is 12.3 Å². The van der Waals surface area contributed by atoms with E-state index in [1.165, 1.54) is 0 Å². The summed E-state index contributed by atoms with van der Waals surface area (Å²) in [6.45, 7) is 0. The molecule has 0 aliphatic heterocycles. The zero-order chi connectivity index (χ0) is 10.7. The molecule has 2 rings (SSSR count). The van der Waals surface area contributed by atoms with Gasteiger partial charge < -0.3 is 5.32 Å². The summed E-state index contributed by atoms with van der Waals surface area (Å²) in [7, 11) is 0. The van der Waals surface area contributed by atoms with Gasteiger partial charge in [0.15, 0.2) is 0 Å². The molecule has 15 heavy (non-hydrogen) atoms. The average molecular weight is 195 g/mol. The van der Waals surface area contributed by atoms with Crippen LogP contribution in [-0.4, -0.2) is 5.91 Å². The van der Waals surface area contributed by atoms with Crippen LogP contribution in [0.25, 0.3) is 10.8 Å². The van der Waals surface area contributed by atoms with E-state index in [0.717, 1.165) is 16.5 Å². The standard InChI is InChI=1S/C13H9NO/c1-2-13(15)14-12-8-7-10-5-3-4-6-11(10)9-12/h1,3-9H,(H,14,15). The minimum atomic E-state index is -0.426. The molecular formula is C13H9NO. The van der Waals surface area contributed by atoms with E-state index < -0.39 is 5.91 Å². The van der Waals surface area contributed by atoms with Crippen molar-refractivity contribution < 1.29 is 4.79 Å². The third kappa shape index (κ3) is 1.97. The lowest BCUT2D eigenvalue weighted by Crippen LogP contribution is -2.07. The van der Waals surface area contributed by atoms with E-state index in [-0.39, 0.29) is 0 Å². The predicted molar refractivity (Wildman–Crippen MR) is 61.4 cm³/mol. The number of hydrogen-bond donors (Lipinski definition) is 1. The molecule has 0 aromatic heterocycles. The Morgan fingerprint density at radius 2 is 1.87 bits per heavy atom. The van der Waals surface area contributed by atoms with Crippen molar-refractivity contribution in [2.45, 2.75) is 0 Å². The summed E-state index contributed by atoms with van der Waals surface area (Å²) >= 11 is 0. The van der Waals surface area contributed by atoms with Crippen LogP contribution in [0.5, 0.6) is 0 Å². The SMILES string of the molecule is C#CC(=O)Nc1ccc2ccccc2c1. The van der Waals surface area contributed by atoms with Crippen molar-refractivity contribution >= 4 is 22.4 Å². The molecule has 2 nitrogen and oxygen atoms in total. The number of terminal acetylenes is 1. The summed E-state index contributed by atoms with van der Waals surface area (Å²) in [5, 5.41) is 4.82. The zero-order valence-electron chi connectivity index (χ0n) is 8.03. The Morgan fingerprint density at radius 1 is 1.13 bits per heavy atom. The van der Waals surface area contributed by atoms with Crippen LogP contribution < -0.4 is 5.32 Å². The highest BCUT2D eigenvalue weighted by molar-refractivity contribution is 6.04. The molecule has 0 aliphatic rings. The fourth-order valence-corrected chi connectivity index (χ4v) is 1.43. The van der Waals surface area contributed by atoms with Gasteiger partial charge in [-0.3, -0.25) is 4.79 Å². The molecule has 0 atom stereocenters. The van der Waals surface area contributed by atoms with Crippen molar-refractivity contribution in [3.8, 4) is 12.3 Å². The van der Waals surface area contributed by atoms with Crippen molar-refractivity contribution in [1.29, 1.82) is 0 Å². The van der Waals surface area contributed by atoms with Gasteiger partial charge in [-0.2, -0.15) is 0 Å². The van der Waals surface area contributed by atoms with Crippen molar-refractivity contribution in [2.75, 3.05) is 5.32 Å². The number of carbonyl (C=O) groups excluding carboxylic acids is 1. The minimum absolute atomic E-state index is 0.426. The first kappa shape index (κ1) is 9.29. The predicted octanol–water partition coefficient (Wildman–Crippen LogP) is 2.41. The van der Waals surface area contributed by atoms with E-state index in [1.54, 1.807) is 0 Å². The second kappa shape index (κ2) is 3.85. The monoisotopic (exact) mass is 195 g/mol. The minimum Gasteiger partial charge on any atom is -0.315 e. The first-order valence-corrected chi connectivity index (χ1v) is 4.56. The Morgan fingerprint density at radius 3 is 2.60 bits per heavy atom. The van der Waals surface area contributed by atoms with Crippen LogP contribution in [0.15, 0.2) is 42.5 Å². The van der Waals surface area contributed by atoms with E-state index in [9.17, 15) is 4.79 Å². The van der Waals surface area contributed by atoms with E-state index in [0.29, 0.717) is 0 Å². The number of anilines is 1. The Labute approximate surface area is 87.9 Å². The fourth-order valence-electron chi connectivity index (χ4n) is 1.43. The molecule has 0 bridgehead atoms. The highest BCUT2D eigenvalue weighted by Gasteiger charge is 1.98. The highest BCUT2D eigenvalue weighted by atomic mass is 16.1. The average Bonchev–Trinajstić information content (AvgIpc) is 2.29. The van der Waals surface area contributed by atoms with Crippen LogP contribution in [0.1, 0.15) is 0 Å². The number of hydrogen-bond acceptors (Lipinski definition) is 1. The maximum absolute atomic E-state index is 11.0. The third-order valence-corrected chi connectivity index (χ3v) is 2.14. The summed E-state index contributed by atoms with van der Waals surface area (Å²) in [6.07, 6.45) is 4.97. The summed E-state index contributed by atoms with van der Waals surface area (Å²) in [5.74, 6) is 1.59. The largest absolute Gasteiger partial charge is 0.315 e. The Hall–Kier alpha value is -2.27. The van der Waals surface area contributed by atoms with Gasteiger partial charge in [0.25, 0.3) is 5.91 Å². The smallest absolute Gasteiger partial charge is 0.300 e. The lowest BCUT2D eigenvalue weighted by atomic mass is 10.1. The maximum atomic E-state index is 11.0. The normalized spacial score (nSPS) is 9.53. The Balaban J connectivity index is 2.39. The fraction of sp³-hybridized carbons (Fsp3) is 0. The van der Waals surface area contributed by atoms with Gasteiger partial charge in [-0.1, -0.05) is 30.3 Å². The Kier molecular flexibility index (Phi) is 2.38. The van der Waals surface area contributed by atoms with Gasteiger partial charge >= 0.3 is 0 Å². The summed E-state index contributed by atoms with van der Waals surface area (Å²) < 4.78 is 0. The quantitative estimate of drug-likeness (QED) is 0.695. The number of nitrogens with one attached hydrogen (secondary N) is 1. The van der Waals surface area contributed by atoms with Gasteiger partial charge in [0.05, 0.1) is 0 Å². The van der Waals surface area contributed by atoms with E-state index in [2.05, 4.69) is 5.32 Å². The van der Waals surface area contributed by atoms with Crippen LogP contribution in [0.3, 0.4) is 0 Å². The van der Waals surface area contributed by atoms with Crippen LogP contribution in [0.4, 0.5) is 5.69 Å². The van der Waals surface area contributed by atoms with Gasteiger partial charge in [-0.15, -0.1) is 6.42 Å². The topological polar surface area (TPSA) is 29.1 Å². The lowest BCUT2D eigenvalue weighted by molar-refractivity contribution is -0.111. The molecule has 0 spiro atoms. The van der Waals surface area contributed by atoms with Crippen LogP contribution in [-0.2, 0) is 4.79 Å². The first-order chi connectivity index (χ1) is 7.29. The summed E-state index contributed by atoms with van der Waals surface area (Å²) in [4.78, 5) is 11.0. The number of carbonyl (C=O) groups is 1. The molecule has 0 saturated heterocycles. The second-order valence-electron chi connectivity index (χ2n) is 3.16. The molecule has 72 valence electrons. The molecule has 0 aliphatic carbocycles. The molecule has 1 amide bonds. The summed E-state index contributed by atoms with van der Waals surface area (Å²) in [6, 6.07) is 13.6. The molecular weight excluding hydrogens is 186 g/mol. The van der Waals surface area contributed by atoms with Gasteiger partial charge in [0.1, 0.15) is 0 Å². The summed E-state index contributed by atoms with van der Waals surface area (Å²) in [5.41, 5.74) is 0.719. The number of amides is 1. The molecule has 2 aromatic carbocycles. The molecule has 0 heterocycles. The zero-order valence-corrected chi connectivity index (χ0v) is 8.03. The van der Waals surface area contributed by atoms with E-state index in [4.69, 9.17) is 6.42 Å². The molecule has 1 N–H and O–H groups in total. The van der Waals surface area contributed by atoms with Crippen LogP contribution in [0.2, 0.25) is 0 Å². The molecule has 0 fully saturated rings. The highest BCUT2D eigenvalue weighted by Crippen LogP contribution is 2.18. The van der Waals surface area contributed by atoms with Crippen molar-refractivity contribution in [3.05, 3.63) is 42.5 Å². The number of rotatable bonds is 1. The van der Waals surface area contributed by atoms with Crippen molar-refractivity contribution in [3.63, 3.8) is 0 Å². The first-order valence-electron chi connectivity index (χ1n) is 4.56. The number of fused-ring (bicyclic) bond motifs is 1. The maximum Gasteiger partial charge on any atom is 0.300 e. The molecule has 2 heteroatoms. The lowest BCUT2D eigenvalue weighted by Gasteiger charge is -2.02. The van der Waals surface area contributed by atoms with E-state index >= 15 is 0 Å². The van der Waals surface area contributed by atoms with Gasteiger partial charge in [0, 0.05) is 5.69 Å². The Bertz CT molecular complexity index is 552. The third-order valence-electron chi connectivity index (χ3n) is 2.14. The van der Waals surface area contributed by atoms with Crippen LogP contribution >= 0.6 is 0 Å². The van der Waals surface area contributed by atoms with Gasteiger partial charge in [0.2, 0.25) is 0 Å². The van der Waals surface area contributed by atoms with Crippen molar-refractivity contribution in [2.24, 2.45) is 0 Å². The van der Waals surface area contributed by atoms with Gasteiger partial charge in [-0.25, -0.2) is 0 Å². The van der Waals surface area contributed by atoms with Gasteiger partial charge in [-0.05, 0) is 28.8 Å². The molecule has 0 saturated carbocycles. The number of benzene rings is 2.